The molecular weight excluding hydrogens is 578 g/mol. The molecule has 1 aromatic rings. The van der Waals surface area contributed by atoms with Crippen molar-refractivity contribution in [2.75, 3.05) is 31.8 Å². The van der Waals surface area contributed by atoms with Crippen LogP contribution in [0.5, 0.6) is 0 Å². The number of thiazole rings is 1. The zero-order valence-electron chi connectivity index (χ0n) is 28.5. The van der Waals surface area contributed by atoms with Gasteiger partial charge in [0.25, 0.3) is 0 Å². The standard InChI is InChI=1S/C34H61N3O6S/c1-6-8-10-11-12-13-14-15-16-17-18-19-20-21-22-23-24-35-32(39)42-26-31(41-5)27-43-34(40)37(30(4)38)33-36(25-9-7-2)29(3)28-44-33/h28,31H,6-27H2,1-5H3/p+1. The fourth-order valence-corrected chi connectivity index (χ4v) is 6.09. The highest BCUT2D eigenvalue weighted by Crippen LogP contribution is 2.20. The summed E-state index contributed by atoms with van der Waals surface area (Å²) in [6.07, 6.45) is 20.9. The summed E-state index contributed by atoms with van der Waals surface area (Å²) < 4.78 is 17.9. The number of amides is 3. The van der Waals surface area contributed by atoms with Crippen LogP contribution in [0.15, 0.2) is 5.38 Å². The third kappa shape index (κ3) is 17.9. The number of unbranched alkanes of at least 4 members (excludes halogenated alkanes) is 16. The molecule has 1 aromatic heterocycles. The van der Waals surface area contributed by atoms with Crippen molar-refractivity contribution in [3.8, 4) is 0 Å². The van der Waals surface area contributed by atoms with E-state index in [1.165, 1.54) is 115 Å². The third-order valence-electron chi connectivity index (χ3n) is 7.84. The van der Waals surface area contributed by atoms with Crippen molar-refractivity contribution in [3.63, 3.8) is 0 Å². The molecule has 1 heterocycles. The first kappa shape index (κ1) is 39.8. The average molecular weight is 641 g/mol. The van der Waals surface area contributed by atoms with Crippen molar-refractivity contribution in [2.45, 2.75) is 156 Å². The molecule has 1 atom stereocenters. The lowest BCUT2D eigenvalue weighted by Gasteiger charge is -2.17. The van der Waals surface area contributed by atoms with Gasteiger partial charge in [-0.05, 0) is 19.8 Å². The summed E-state index contributed by atoms with van der Waals surface area (Å²) in [4.78, 5) is 38.4. The molecule has 254 valence electrons. The molecule has 0 saturated carbocycles. The molecule has 9 nitrogen and oxygen atoms in total. The lowest BCUT2D eigenvalue weighted by Crippen LogP contribution is -2.47. The van der Waals surface area contributed by atoms with Crippen molar-refractivity contribution in [1.82, 2.24) is 5.32 Å². The van der Waals surface area contributed by atoms with Gasteiger partial charge in [0, 0.05) is 26.0 Å². The van der Waals surface area contributed by atoms with E-state index in [2.05, 4.69) is 19.2 Å². The van der Waals surface area contributed by atoms with Crippen LogP contribution in [-0.4, -0.2) is 51.1 Å². The normalized spacial score (nSPS) is 11.8. The summed E-state index contributed by atoms with van der Waals surface area (Å²) in [5.41, 5.74) is 0.978. The molecule has 1 rings (SSSR count). The van der Waals surface area contributed by atoms with E-state index in [1.54, 1.807) is 0 Å². The van der Waals surface area contributed by atoms with Gasteiger partial charge in [-0.15, -0.1) is 0 Å². The molecule has 3 amide bonds. The molecule has 44 heavy (non-hydrogen) atoms. The minimum atomic E-state index is -0.778. The van der Waals surface area contributed by atoms with E-state index in [-0.39, 0.29) is 13.2 Å². The van der Waals surface area contributed by atoms with Gasteiger partial charge in [0.05, 0.1) is 6.54 Å². The van der Waals surface area contributed by atoms with Crippen molar-refractivity contribution in [2.24, 2.45) is 0 Å². The number of imide groups is 1. The van der Waals surface area contributed by atoms with E-state index in [9.17, 15) is 14.4 Å². The number of ether oxygens (including phenoxy) is 3. The van der Waals surface area contributed by atoms with Crippen LogP contribution in [0, 0.1) is 6.92 Å². The lowest BCUT2D eigenvalue weighted by molar-refractivity contribution is -0.686. The molecule has 1 unspecified atom stereocenters. The molecule has 0 saturated heterocycles. The van der Waals surface area contributed by atoms with Gasteiger partial charge >= 0.3 is 23.2 Å². The van der Waals surface area contributed by atoms with Crippen molar-refractivity contribution >= 4 is 34.6 Å². The number of rotatable bonds is 26. The minimum Gasteiger partial charge on any atom is -0.447 e. The van der Waals surface area contributed by atoms with Crippen molar-refractivity contribution in [3.05, 3.63) is 11.1 Å². The second-order valence-corrected chi connectivity index (χ2v) is 12.6. The molecule has 0 bridgehead atoms. The predicted molar refractivity (Wildman–Crippen MR) is 178 cm³/mol. The topological polar surface area (TPSA) is 98.0 Å². The molecule has 0 radical (unpaired) electrons. The summed E-state index contributed by atoms with van der Waals surface area (Å²) in [6.45, 7) is 8.70. The number of hydrogen-bond donors (Lipinski definition) is 1. The Bertz CT molecular complexity index is 910. The van der Waals surface area contributed by atoms with Crippen LogP contribution in [0.4, 0.5) is 14.7 Å². The third-order valence-corrected chi connectivity index (χ3v) is 8.91. The quantitative estimate of drug-likeness (QED) is 0.0804. The zero-order valence-corrected chi connectivity index (χ0v) is 29.3. The van der Waals surface area contributed by atoms with E-state index in [4.69, 9.17) is 14.2 Å². The average Bonchev–Trinajstić information content (AvgIpc) is 3.36. The van der Waals surface area contributed by atoms with E-state index >= 15 is 0 Å². The number of hydrogen-bond acceptors (Lipinski definition) is 7. The number of nitrogens with zero attached hydrogens (tertiary/aromatic N) is 2. The smallest absolute Gasteiger partial charge is 0.447 e. The van der Waals surface area contributed by atoms with Gasteiger partial charge in [-0.2, -0.15) is 4.79 Å². The molecule has 0 aliphatic carbocycles. The zero-order chi connectivity index (χ0) is 32.4. The van der Waals surface area contributed by atoms with E-state index in [0.717, 1.165) is 36.3 Å². The van der Waals surface area contributed by atoms with Gasteiger partial charge < -0.3 is 19.5 Å². The summed E-state index contributed by atoms with van der Waals surface area (Å²) in [7, 11) is 1.46. The molecule has 1 N–H and O–H groups in total. The summed E-state index contributed by atoms with van der Waals surface area (Å²) in [5.74, 6) is -0.430. The number of aryl methyl sites for hydroxylation is 1. The molecular formula is C34H62N3O6S+. The molecule has 10 heteroatoms. The first-order chi connectivity index (χ1) is 21.3. The van der Waals surface area contributed by atoms with Gasteiger partial charge in [0.15, 0.2) is 0 Å². The minimum absolute atomic E-state index is 0.0662. The van der Waals surface area contributed by atoms with Gasteiger partial charge in [-0.3, -0.25) is 0 Å². The van der Waals surface area contributed by atoms with Crippen molar-refractivity contribution < 1.29 is 33.2 Å². The summed E-state index contributed by atoms with van der Waals surface area (Å²) in [6, 6.07) is 0. The van der Waals surface area contributed by atoms with Gasteiger partial charge in [-0.1, -0.05) is 133 Å². The second-order valence-electron chi connectivity index (χ2n) is 11.8. The second kappa shape index (κ2) is 26.1. The summed E-state index contributed by atoms with van der Waals surface area (Å²) in [5, 5.41) is 5.21. The molecule has 0 aliphatic rings. The number of methoxy groups -OCH3 is 1. The SMILES string of the molecule is CCCCCCCCCCCCCCCCCCNC(=O)OCC(COC(=O)N(C(C)=O)c1scc(C)[n+]1CCCC)OC. The van der Waals surface area contributed by atoms with Crippen LogP contribution < -0.4 is 14.8 Å². The van der Waals surface area contributed by atoms with E-state index in [0.29, 0.717) is 18.2 Å². The largest absolute Gasteiger partial charge is 0.515 e. The Balaban J connectivity index is 2.14. The Morgan fingerprint density at radius 3 is 1.80 bits per heavy atom. The molecule has 0 fully saturated rings. The van der Waals surface area contributed by atoms with Gasteiger partial charge in [0.2, 0.25) is 0 Å². The maximum Gasteiger partial charge on any atom is 0.515 e. The molecule has 0 spiro atoms. The van der Waals surface area contributed by atoms with Crippen LogP contribution in [0.2, 0.25) is 0 Å². The Morgan fingerprint density at radius 1 is 0.795 bits per heavy atom. The first-order valence-electron chi connectivity index (χ1n) is 17.2. The fraction of sp³-hybridized carbons (Fsp3) is 0.824. The number of carbonyl (C=O) groups excluding carboxylic acids is 3. The summed E-state index contributed by atoms with van der Waals surface area (Å²) >= 11 is 1.33. The molecule has 0 aliphatic heterocycles. The Morgan fingerprint density at radius 2 is 1.30 bits per heavy atom. The number of alkyl carbamates (subject to hydrolysis) is 1. The number of anilines is 1. The van der Waals surface area contributed by atoms with Gasteiger partial charge in [-0.25, -0.2) is 14.2 Å². The van der Waals surface area contributed by atoms with E-state index in [1.807, 2.05) is 16.9 Å². The predicted octanol–water partition coefficient (Wildman–Crippen LogP) is 8.64. The van der Waals surface area contributed by atoms with Crippen LogP contribution in [0.25, 0.3) is 0 Å². The number of nitrogens with one attached hydrogen (secondary N) is 1. The Labute approximate surface area is 271 Å². The highest BCUT2D eigenvalue weighted by atomic mass is 32.1. The maximum absolute atomic E-state index is 12.9. The maximum atomic E-state index is 12.9. The highest BCUT2D eigenvalue weighted by Gasteiger charge is 2.36. The van der Waals surface area contributed by atoms with Crippen LogP contribution in [0.1, 0.15) is 142 Å². The number of aromatic nitrogens is 1. The number of carbonyl (C=O) groups is 3. The van der Waals surface area contributed by atoms with Crippen LogP contribution >= 0.6 is 11.3 Å². The van der Waals surface area contributed by atoms with E-state index < -0.39 is 24.2 Å². The monoisotopic (exact) mass is 640 g/mol. The first-order valence-corrected chi connectivity index (χ1v) is 18.1. The lowest BCUT2D eigenvalue weighted by atomic mass is 10.0. The fourth-order valence-electron chi connectivity index (χ4n) is 5.02. The van der Waals surface area contributed by atoms with Crippen LogP contribution in [-0.2, 0) is 25.5 Å². The van der Waals surface area contributed by atoms with Gasteiger partial charge in [0.1, 0.15) is 25.0 Å². The molecule has 0 aromatic carbocycles. The Hall–Kier alpha value is -2.20. The van der Waals surface area contributed by atoms with Crippen molar-refractivity contribution in [1.29, 1.82) is 0 Å². The highest BCUT2D eigenvalue weighted by molar-refractivity contribution is 7.13. The van der Waals surface area contributed by atoms with Crippen LogP contribution in [0.3, 0.4) is 0 Å². The Kier molecular flexibility index (Phi) is 23.6.